The molecule has 4 rings (SSSR count). The largest absolute Gasteiger partial charge is 0.392 e. The monoisotopic (exact) mass is 585 g/mol. The van der Waals surface area contributed by atoms with E-state index in [1.54, 1.807) is 6.20 Å². The Morgan fingerprint density at radius 2 is 1.88 bits per heavy atom. The zero-order chi connectivity index (χ0) is 30.3. The van der Waals surface area contributed by atoms with Gasteiger partial charge in [-0.25, -0.2) is 0 Å². The molecule has 9 heteroatoms. The number of carbonyl (C=O) groups is 2. The van der Waals surface area contributed by atoms with Crippen molar-refractivity contribution in [1.82, 2.24) is 25.4 Å². The molecule has 0 spiro atoms. The van der Waals surface area contributed by atoms with Gasteiger partial charge in [0.25, 0.3) is 0 Å². The number of piperazine rings is 1. The highest BCUT2D eigenvalue weighted by molar-refractivity contribution is 5.83. The molecular formula is C33H55N5O4. The van der Waals surface area contributed by atoms with Gasteiger partial charge in [-0.15, -0.1) is 0 Å². The Hall–Kier alpha value is -2.07. The Morgan fingerprint density at radius 3 is 2.52 bits per heavy atom. The van der Waals surface area contributed by atoms with Crippen molar-refractivity contribution >= 4 is 11.8 Å². The fourth-order valence-corrected chi connectivity index (χ4v) is 7.19. The molecule has 9 nitrogen and oxygen atoms in total. The lowest BCUT2D eigenvalue weighted by molar-refractivity contribution is -0.132. The van der Waals surface area contributed by atoms with Gasteiger partial charge in [0.1, 0.15) is 6.04 Å². The highest BCUT2D eigenvalue weighted by Crippen LogP contribution is 2.32. The second-order valence-electron chi connectivity index (χ2n) is 14.3. The van der Waals surface area contributed by atoms with Crippen LogP contribution in [-0.4, -0.2) is 92.8 Å². The van der Waals surface area contributed by atoms with Crippen LogP contribution in [0.3, 0.4) is 0 Å². The Balaban J connectivity index is 1.42. The Kier molecular flexibility index (Phi) is 11.8. The molecule has 1 aliphatic heterocycles. The maximum absolute atomic E-state index is 13.6. The summed E-state index contributed by atoms with van der Waals surface area (Å²) in [5.74, 6) is 0.354. The summed E-state index contributed by atoms with van der Waals surface area (Å²) in [5, 5.41) is 28.2. The molecule has 0 aromatic carbocycles. The van der Waals surface area contributed by atoms with Crippen molar-refractivity contribution in [2.45, 2.75) is 122 Å². The van der Waals surface area contributed by atoms with Crippen LogP contribution in [0.4, 0.5) is 0 Å². The minimum atomic E-state index is -0.731. The normalized spacial score (nSPS) is 27.9. The minimum Gasteiger partial charge on any atom is -0.392 e. The van der Waals surface area contributed by atoms with Gasteiger partial charge in [0.15, 0.2) is 0 Å². The van der Waals surface area contributed by atoms with Crippen molar-refractivity contribution in [3.8, 4) is 0 Å². The first-order valence-corrected chi connectivity index (χ1v) is 16.3. The van der Waals surface area contributed by atoms with Gasteiger partial charge in [0, 0.05) is 56.6 Å². The van der Waals surface area contributed by atoms with E-state index in [0.29, 0.717) is 38.4 Å². The highest BCUT2D eigenvalue weighted by atomic mass is 16.3. The van der Waals surface area contributed by atoms with Crippen molar-refractivity contribution < 1.29 is 19.8 Å². The number of aliphatic hydroxyl groups excluding tert-OH is 2. The zero-order valence-electron chi connectivity index (χ0n) is 26.3. The third-order valence-electron chi connectivity index (χ3n) is 9.47. The summed E-state index contributed by atoms with van der Waals surface area (Å²) in [7, 11) is 0. The second-order valence-corrected chi connectivity index (χ2v) is 14.3. The van der Waals surface area contributed by atoms with E-state index < -0.39 is 18.2 Å². The van der Waals surface area contributed by atoms with Crippen LogP contribution in [0.15, 0.2) is 24.5 Å². The molecule has 3 fully saturated rings. The third-order valence-corrected chi connectivity index (χ3v) is 9.47. The van der Waals surface area contributed by atoms with Gasteiger partial charge in [0.2, 0.25) is 11.8 Å². The topological polar surface area (TPSA) is 118 Å². The Morgan fingerprint density at radius 1 is 1.12 bits per heavy atom. The summed E-state index contributed by atoms with van der Waals surface area (Å²) >= 11 is 0. The molecule has 0 radical (unpaired) electrons. The number of hydrogen-bond acceptors (Lipinski definition) is 7. The smallest absolute Gasteiger partial charge is 0.239 e. The Labute approximate surface area is 252 Å². The summed E-state index contributed by atoms with van der Waals surface area (Å²) in [6, 6.07) is 3.36. The number of pyridine rings is 1. The van der Waals surface area contributed by atoms with Crippen molar-refractivity contribution in [2.75, 3.05) is 26.2 Å². The molecule has 6 atom stereocenters. The van der Waals surface area contributed by atoms with E-state index in [9.17, 15) is 19.8 Å². The van der Waals surface area contributed by atoms with E-state index in [0.717, 1.165) is 44.3 Å². The van der Waals surface area contributed by atoms with Crippen LogP contribution in [0.5, 0.6) is 0 Å². The van der Waals surface area contributed by atoms with Crippen LogP contribution in [0.2, 0.25) is 0 Å². The standard InChI is InChI=1S/C33H55N5O4/c1-23-12-13-29(40)30(23)35-31(41)26(17-24-9-6-5-7-10-24)18-27(39)21-38-16-15-37(20-25-11-8-14-34-19-25)22-28(38)32(42)36-33(2,3)4/h8,11,14,19,23-24,26-30,39-40H,5-7,9-10,12-13,15-18,20-22H2,1-4H3,(H,35,41)(H,36,42)/t23-,26-,27+,28+,29-,30+/m1/s1. The zero-order valence-corrected chi connectivity index (χ0v) is 26.3. The number of nitrogens with zero attached hydrogens (tertiary/aromatic N) is 3. The number of rotatable bonds is 11. The fraction of sp³-hybridized carbons (Fsp3) is 0.788. The quantitative estimate of drug-likeness (QED) is 0.315. The van der Waals surface area contributed by atoms with Gasteiger partial charge in [-0.1, -0.05) is 45.1 Å². The predicted octanol–water partition coefficient (Wildman–Crippen LogP) is 3.10. The molecule has 2 saturated carbocycles. The van der Waals surface area contributed by atoms with Gasteiger partial charge in [-0.05, 0) is 69.9 Å². The number of aromatic nitrogens is 1. The van der Waals surface area contributed by atoms with Crippen molar-refractivity contribution in [1.29, 1.82) is 0 Å². The van der Waals surface area contributed by atoms with Crippen LogP contribution in [-0.2, 0) is 16.1 Å². The summed E-state index contributed by atoms with van der Waals surface area (Å²) in [6.07, 6.45) is 11.1. The maximum atomic E-state index is 13.6. The van der Waals surface area contributed by atoms with Crippen molar-refractivity contribution in [3.05, 3.63) is 30.1 Å². The second kappa shape index (κ2) is 15.1. The first kappa shape index (κ1) is 32.8. The molecule has 3 aliphatic rings. The molecule has 2 amide bonds. The van der Waals surface area contributed by atoms with Crippen LogP contribution < -0.4 is 10.6 Å². The van der Waals surface area contributed by atoms with Crippen molar-refractivity contribution in [2.24, 2.45) is 17.8 Å². The number of nitrogens with one attached hydrogen (secondary N) is 2. The molecular weight excluding hydrogens is 530 g/mol. The van der Waals surface area contributed by atoms with Gasteiger partial charge in [-0.3, -0.25) is 24.4 Å². The number of carbonyl (C=O) groups excluding carboxylic acids is 2. The number of β-amino-alcohol motifs (C(OH)–C–C–N with tert-alkyl or cyclic N) is 1. The molecule has 0 bridgehead atoms. The van der Waals surface area contributed by atoms with E-state index in [2.05, 4.69) is 38.4 Å². The summed E-state index contributed by atoms with van der Waals surface area (Å²) in [4.78, 5) is 35.7. The molecule has 42 heavy (non-hydrogen) atoms. The van der Waals surface area contributed by atoms with E-state index >= 15 is 0 Å². The lowest BCUT2D eigenvalue weighted by Gasteiger charge is -2.42. The van der Waals surface area contributed by atoms with E-state index in [4.69, 9.17) is 0 Å². The first-order chi connectivity index (χ1) is 20.0. The molecule has 236 valence electrons. The van der Waals surface area contributed by atoms with Gasteiger partial charge in [0.05, 0.1) is 18.2 Å². The average molecular weight is 586 g/mol. The van der Waals surface area contributed by atoms with Crippen LogP contribution in [0.25, 0.3) is 0 Å². The SMILES string of the molecule is C[C@@H]1CC[C@@H](O)[C@H]1NC(=O)[C@H](CC1CCCCC1)C[C@H](O)CN1CCN(Cc2cccnc2)C[C@H]1C(=O)NC(C)(C)C. The Bertz CT molecular complexity index is 986. The summed E-state index contributed by atoms with van der Waals surface area (Å²) in [6.45, 7) is 11.1. The first-order valence-electron chi connectivity index (χ1n) is 16.3. The number of amides is 2. The lowest BCUT2D eigenvalue weighted by Crippen LogP contribution is -2.62. The average Bonchev–Trinajstić information content (AvgIpc) is 3.25. The van der Waals surface area contributed by atoms with Gasteiger partial charge >= 0.3 is 0 Å². The van der Waals surface area contributed by atoms with Gasteiger partial charge < -0.3 is 20.8 Å². The van der Waals surface area contributed by atoms with Gasteiger partial charge in [-0.2, -0.15) is 0 Å². The number of hydrogen-bond donors (Lipinski definition) is 4. The van der Waals surface area contributed by atoms with E-state index in [-0.39, 0.29) is 35.2 Å². The fourth-order valence-electron chi connectivity index (χ4n) is 7.19. The lowest BCUT2D eigenvalue weighted by atomic mass is 9.80. The molecule has 1 aromatic heterocycles. The molecule has 2 aliphatic carbocycles. The number of aliphatic hydroxyl groups is 2. The molecule has 0 unspecified atom stereocenters. The van der Waals surface area contributed by atoms with E-state index in [1.165, 1.54) is 19.3 Å². The molecule has 4 N–H and O–H groups in total. The maximum Gasteiger partial charge on any atom is 0.239 e. The molecule has 2 heterocycles. The predicted molar refractivity (Wildman–Crippen MR) is 164 cm³/mol. The minimum absolute atomic E-state index is 0.0358. The summed E-state index contributed by atoms with van der Waals surface area (Å²) in [5.41, 5.74) is 0.747. The van der Waals surface area contributed by atoms with E-state index in [1.807, 2.05) is 33.0 Å². The molecule has 1 aromatic rings. The highest BCUT2D eigenvalue weighted by Gasteiger charge is 2.38. The molecule has 1 saturated heterocycles. The van der Waals surface area contributed by atoms with Crippen molar-refractivity contribution in [3.63, 3.8) is 0 Å². The summed E-state index contributed by atoms with van der Waals surface area (Å²) < 4.78 is 0. The van der Waals surface area contributed by atoms with Crippen LogP contribution in [0, 0.1) is 17.8 Å². The third kappa shape index (κ3) is 9.73. The van der Waals surface area contributed by atoms with Crippen LogP contribution >= 0.6 is 0 Å². The van der Waals surface area contributed by atoms with Crippen LogP contribution in [0.1, 0.15) is 91.0 Å².